The van der Waals surface area contributed by atoms with Gasteiger partial charge < -0.3 is 14.6 Å². The van der Waals surface area contributed by atoms with Crippen molar-refractivity contribution in [3.8, 4) is 11.5 Å². The third kappa shape index (κ3) is 3.93. The molecule has 0 amide bonds. The number of fused-ring (bicyclic) bond motifs is 1. The molecule has 8 nitrogen and oxygen atoms in total. The second kappa shape index (κ2) is 8.00. The molecule has 0 saturated heterocycles. The molecule has 1 saturated carbocycles. The molecule has 1 atom stereocenters. The van der Waals surface area contributed by atoms with Crippen molar-refractivity contribution in [2.45, 2.75) is 58.3 Å². The lowest BCUT2D eigenvalue weighted by molar-refractivity contribution is -0.161. The van der Waals surface area contributed by atoms with Gasteiger partial charge in [-0.3, -0.25) is 4.79 Å². The molecule has 29 heavy (non-hydrogen) atoms. The van der Waals surface area contributed by atoms with E-state index in [1.54, 1.807) is 0 Å². The van der Waals surface area contributed by atoms with Gasteiger partial charge in [-0.15, -0.1) is 10.2 Å². The number of H-pyrrole nitrogens is 1. The van der Waals surface area contributed by atoms with Gasteiger partial charge in [0, 0.05) is 5.92 Å². The van der Waals surface area contributed by atoms with Gasteiger partial charge in [0.25, 0.3) is 0 Å². The first-order chi connectivity index (χ1) is 14.0. The minimum atomic E-state index is -0.858. The largest absolute Gasteiger partial charge is 0.481 e. The van der Waals surface area contributed by atoms with E-state index < -0.39 is 11.4 Å². The second-order valence-electron chi connectivity index (χ2n) is 8.77. The SMILES string of the molecule is CC(C)CCCC1CC(C(=O)O)([C@H](Cc2ccc3c(c2)OCO3)c2nn[nH]n2)C1. The summed E-state index contributed by atoms with van der Waals surface area (Å²) in [5.41, 5.74) is 0.121. The van der Waals surface area contributed by atoms with Crippen LogP contribution in [0.15, 0.2) is 18.2 Å². The van der Waals surface area contributed by atoms with Crippen molar-refractivity contribution in [2.75, 3.05) is 6.79 Å². The maximum atomic E-state index is 12.4. The summed E-state index contributed by atoms with van der Waals surface area (Å²) in [4.78, 5) is 12.4. The van der Waals surface area contributed by atoms with E-state index in [1.165, 1.54) is 6.42 Å². The number of carbonyl (C=O) groups is 1. The van der Waals surface area contributed by atoms with Crippen molar-refractivity contribution < 1.29 is 19.4 Å². The van der Waals surface area contributed by atoms with Gasteiger partial charge in [-0.25, -0.2) is 0 Å². The van der Waals surface area contributed by atoms with Crippen LogP contribution in [-0.4, -0.2) is 38.5 Å². The van der Waals surface area contributed by atoms with Crippen LogP contribution in [0.3, 0.4) is 0 Å². The lowest BCUT2D eigenvalue weighted by Crippen LogP contribution is -2.49. The minimum absolute atomic E-state index is 0.212. The van der Waals surface area contributed by atoms with Crippen LogP contribution in [0.25, 0.3) is 0 Å². The fraction of sp³-hybridized carbons (Fsp3) is 0.619. The monoisotopic (exact) mass is 400 g/mol. The molecule has 8 heteroatoms. The second-order valence-corrected chi connectivity index (χ2v) is 8.77. The normalized spacial score (nSPS) is 23.8. The number of benzene rings is 1. The summed E-state index contributed by atoms with van der Waals surface area (Å²) in [5, 5.41) is 24.7. The molecule has 0 bridgehead atoms. The van der Waals surface area contributed by atoms with E-state index in [0.29, 0.717) is 48.4 Å². The number of hydrogen-bond acceptors (Lipinski definition) is 6. The Labute approximate surface area is 170 Å². The zero-order chi connectivity index (χ0) is 20.4. The number of hydrogen-bond donors (Lipinski definition) is 2. The third-order valence-electron chi connectivity index (χ3n) is 6.34. The summed E-state index contributed by atoms with van der Waals surface area (Å²) in [5.74, 6) is 1.87. The van der Waals surface area contributed by atoms with Gasteiger partial charge in [0.05, 0.1) is 5.41 Å². The van der Waals surface area contributed by atoms with Crippen LogP contribution in [0, 0.1) is 17.3 Å². The Morgan fingerprint density at radius 2 is 2.10 bits per heavy atom. The topological polar surface area (TPSA) is 110 Å². The predicted octanol–water partition coefficient (Wildman–Crippen LogP) is 3.56. The molecule has 1 fully saturated rings. The molecule has 1 aliphatic heterocycles. The quantitative estimate of drug-likeness (QED) is 0.662. The molecule has 2 N–H and O–H groups in total. The van der Waals surface area contributed by atoms with E-state index >= 15 is 0 Å². The zero-order valence-corrected chi connectivity index (χ0v) is 16.9. The van der Waals surface area contributed by atoms with Crippen LogP contribution in [0.4, 0.5) is 0 Å². The van der Waals surface area contributed by atoms with Crippen LogP contribution in [0.2, 0.25) is 0 Å². The highest BCUT2D eigenvalue weighted by atomic mass is 16.7. The van der Waals surface area contributed by atoms with Crippen LogP contribution in [0.1, 0.15) is 63.3 Å². The van der Waals surface area contributed by atoms with E-state index in [1.807, 2.05) is 18.2 Å². The van der Waals surface area contributed by atoms with E-state index in [-0.39, 0.29) is 12.7 Å². The summed E-state index contributed by atoms with van der Waals surface area (Å²) in [6.45, 7) is 4.66. The molecule has 2 aliphatic rings. The van der Waals surface area contributed by atoms with Gasteiger partial charge in [0.2, 0.25) is 6.79 Å². The summed E-state index contributed by atoms with van der Waals surface area (Å²) in [7, 11) is 0. The number of carboxylic acids is 1. The van der Waals surface area contributed by atoms with Gasteiger partial charge in [-0.2, -0.15) is 5.21 Å². The van der Waals surface area contributed by atoms with Crippen molar-refractivity contribution in [3.63, 3.8) is 0 Å². The number of aromatic nitrogens is 4. The first kappa shape index (κ1) is 19.7. The Hall–Kier alpha value is -2.64. The minimum Gasteiger partial charge on any atom is -0.481 e. The van der Waals surface area contributed by atoms with E-state index in [9.17, 15) is 9.90 Å². The molecule has 1 aromatic carbocycles. The molecule has 1 aliphatic carbocycles. The number of nitrogens with one attached hydrogen (secondary N) is 1. The number of aliphatic carboxylic acids is 1. The number of ether oxygens (including phenoxy) is 2. The Balaban J connectivity index is 1.53. The first-order valence-corrected chi connectivity index (χ1v) is 10.3. The molecule has 156 valence electrons. The van der Waals surface area contributed by atoms with Crippen LogP contribution >= 0.6 is 0 Å². The van der Waals surface area contributed by atoms with Crippen molar-refractivity contribution in [1.82, 2.24) is 20.6 Å². The molecule has 0 unspecified atom stereocenters. The molecular formula is C21H28N4O4. The molecule has 0 spiro atoms. The Morgan fingerprint density at radius 1 is 1.31 bits per heavy atom. The van der Waals surface area contributed by atoms with Crippen molar-refractivity contribution in [1.29, 1.82) is 0 Å². The summed E-state index contributed by atoms with van der Waals surface area (Å²) < 4.78 is 10.9. The van der Waals surface area contributed by atoms with Crippen LogP contribution in [-0.2, 0) is 11.2 Å². The Kier molecular flexibility index (Phi) is 5.43. The maximum absolute atomic E-state index is 12.4. The summed E-state index contributed by atoms with van der Waals surface area (Å²) >= 11 is 0. The highest BCUT2D eigenvalue weighted by Crippen LogP contribution is 2.56. The van der Waals surface area contributed by atoms with Crippen LogP contribution < -0.4 is 9.47 Å². The molecular weight excluding hydrogens is 372 g/mol. The first-order valence-electron chi connectivity index (χ1n) is 10.3. The molecule has 2 heterocycles. The molecule has 1 aromatic heterocycles. The lowest BCUT2D eigenvalue weighted by Gasteiger charge is -2.48. The third-order valence-corrected chi connectivity index (χ3v) is 6.34. The van der Waals surface area contributed by atoms with Crippen LogP contribution in [0.5, 0.6) is 11.5 Å². The fourth-order valence-corrected chi connectivity index (χ4v) is 4.75. The Bertz CT molecular complexity index is 846. The fourth-order valence-electron chi connectivity index (χ4n) is 4.75. The number of rotatable bonds is 9. The lowest BCUT2D eigenvalue weighted by atomic mass is 9.53. The highest BCUT2D eigenvalue weighted by Gasteiger charge is 2.56. The number of carboxylic acid groups (broad SMARTS) is 1. The maximum Gasteiger partial charge on any atom is 0.310 e. The van der Waals surface area contributed by atoms with Crippen molar-refractivity contribution in [2.24, 2.45) is 17.3 Å². The van der Waals surface area contributed by atoms with E-state index in [4.69, 9.17) is 9.47 Å². The van der Waals surface area contributed by atoms with Gasteiger partial charge in [-0.1, -0.05) is 44.4 Å². The van der Waals surface area contributed by atoms with Gasteiger partial charge in [0.1, 0.15) is 0 Å². The number of tetrazole rings is 1. The average Bonchev–Trinajstić information content (AvgIpc) is 3.32. The van der Waals surface area contributed by atoms with Crippen molar-refractivity contribution >= 4 is 5.97 Å². The Morgan fingerprint density at radius 3 is 2.79 bits per heavy atom. The van der Waals surface area contributed by atoms with Gasteiger partial charge >= 0.3 is 5.97 Å². The average molecular weight is 400 g/mol. The zero-order valence-electron chi connectivity index (χ0n) is 16.9. The van der Waals surface area contributed by atoms with E-state index in [0.717, 1.165) is 18.4 Å². The van der Waals surface area contributed by atoms with Crippen molar-refractivity contribution in [3.05, 3.63) is 29.6 Å². The molecule has 4 rings (SSSR count). The van der Waals surface area contributed by atoms with Gasteiger partial charge in [-0.05, 0) is 48.8 Å². The van der Waals surface area contributed by atoms with E-state index in [2.05, 4.69) is 34.5 Å². The number of nitrogens with zero attached hydrogens (tertiary/aromatic N) is 3. The molecule has 2 aromatic rings. The smallest absolute Gasteiger partial charge is 0.310 e. The number of aromatic amines is 1. The highest BCUT2D eigenvalue weighted by molar-refractivity contribution is 5.77. The standard InChI is InChI=1S/C21H28N4O4/c1-13(2)4-3-5-15-10-21(11-15,20(26)27)16(19-22-24-25-23-19)8-14-6-7-17-18(9-14)29-12-28-17/h6-7,9,13,15-16H,3-5,8,10-12H2,1-2H3,(H,26,27)(H,22,23,24,25)/t15?,16-,21?/m1/s1. The summed E-state index contributed by atoms with van der Waals surface area (Å²) in [6.07, 6.45) is 5.24. The summed E-state index contributed by atoms with van der Waals surface area (Å²) in [6, 6.07) is 5.74. The predicted molar refractivity (Wildman–Crippen MR) is 105 cm³/mol. The molecule has 0 radical (unpaired) electrons. The van der Waals surface area contributed by atoms with Gasteiger partial charge in [0.15, 0.2) is 17.3 Å².